The van der Waals surface area contributed by atoms with E-state index in [0.29, 0.717) is 25.2 Å². The van der Waals surface area contributed by atoms with Crippen LogP contribution in [-0.4, -0.2) is 53.1 Å². The van der Waals surface area contributed by atoms with Crippen LogP contribution < -0.4 is 10.2 Å². The predicted molar refractivity (Wildman–Crippen MR) is 83.7 cm³/mol. The minimum absolute atomic E-state index is 0.0322. The van der Waals surface area contributed by atoms with Gasteiger partial charge in [-0.25, -0.2) is 0 Å². The number of β-amino-alcohol motifs (C(OH)–C–C–N with tert-alkyl or cyclic N) is 1. The molecule has 2 N–H and O–H groups in total. The highest BCUT2D eigenvalue weighted by Crippen LogP contribution is 2.30. The van der Waals surface area contributed by atoms with Gasteiger partial charge in [-0.15, -0.1) is 0 Å². The molecule has 1 saturated heterocycles. The zero-order valence-electron chi connectivity index (χ0n) is 12.9. The molecule has 0 saturated carbocycles. The van der Waals surface area contributed by atoms with Crippen LogP contribution in [0.4, 0.5) is 11.4 Å². The largest absolute Gasteiger partial charge is 0.389 e. The van der Waals surface area contributed by atoms with Gasteiger partial charge in [0.2, 0.25) is 11.8 Å². The summed E-state index contributed by atoms with van der Waals surface area (Å²) < 4.78 is 0. The summed E-state index contributed by atoms with van der Waals surface area (Å²) in [4.78, 5) is 28.2. The van der Waals surface area contributed by atoms with Crippen LogP contribution in [0.3, 0.4) is 0 Å². The molecule has 0 bridgehead atoms. The quantitative estimate of drug-likeness (QED) is 0.848. The SMILES string of the molecule is CC(C(=O)N1CC(=O)Nc2ccccc21)N1CCC(C)(O)C1. The number of hydrogen-bond acceptors (Lipinski definition) is 4. The summed E-state index contributed by atoms with van der Waals surface area (Å²) in [6.45, 7) is 4.81. The number of carbonyl (C=O) groups is 2. The highest BCUT2D eigenvalue weighted by molar-refractivity contribution is 6.11. The summed E-state index contributed by atoms with van der Waals surface area (Å²) in [6, 6.07) is 6.93. The lowest BCUT2D eigenvalue weighted by molar-refractivity contribution is -0.125. The lowest BCUT2D eigenvalue weighted by Gasteiger charge is -2.34. The fourth-order valence-corrected chi connectivity index (χ4v) is 3.12. The fraction of sp³-hybridized carbons (Fsp3) is 0.500. The van der Waals surface area contributed by atoms with E-state index in [1.54, 1.807) is 13.0 Å². The van der Waals surface area contributed by atoms with Crippen LogP contribution >= 0.6 is 0 Å². The molecule has 0 aliphatic carbocycles. The van der Waals surface area contributed by atoms with E-state index in [2.05, 4.69) is 5.32 Å². The molecule has 1 aromatic rings. The van der Waals surface area contributed by atoms with Crippen LogP contribution in [0, 0.1) is 0 Å². The number of anilines is 2. The molecule has 0 spiro atoms. The third kappa shape index (κ3) is 2.71. The first-order valence-corrected chi connectivity index (χ1v) is 7.54. The summed E-state index contributed by atoms with van der Waals surface area (Å²) in [5.41, 5.74) is 0.642. The lowest BCUT2D eigenvalue weighted by atomic mass is 10.1. The van der Waals surface area contributed by atoms with Gasteiger partial charge in [0.1, 0.15) is 6.54 Å². The molecule has 1 fully saturated rings. The number of benzene rings is 1. The van der Waals surface area contributed by atoms with Gasteiger partial charge in [0.05, 0.1) is 23.0 Å². The molecule has 2 aliphatic rings. The average molecular weight is 303 g/mol. The number of nitrogens with zero attached hydrogens (tertiary/aromatic N) is 2. The van der Waals surface area contributed by atoms with E-state index in [-0.39, 0.29) is 24.4 Å². The van der Waals surface area contributed by atoms with E-state index in [1.807, 2.05) is 30.0 Å². The van der Waals surface area contributed by atoms with Gasteiger partial charge in [0, 0.05) is 13.1 Å². The monoisotopic (exact) mass is 303 g/mol. The summed E-state index contributed by atoms with van der Waals surface area (Å²) in [6.07, 6.45) is 0.654. The number of hydrogen-bond donors (Lipinski definition) is 2. The van der Waals surface area contributed by atoms with Crippen molar-refractivity contribution in [2.24, 2.45) is 0 Å². The molecule has 2 aliphatic heterocycles. The maximum Gasteiger partial charge on any atom is 0.244 e. The first-order chi connectivity index (χ1) is 10.4. The maximum absolute atomic E-state index is 12.8. The van der Waals surface area contributed by atoms with Crippen molar-refractivity contribution in [3.05, 3.63) is 24.3 Å². The minimum atomic E-state index is -0.744. The van der Waals surface area contributed by atoms with E-state index in [4.69, 9.17) is 0 Å². The van der Waals surface area contributed by atoms with Crippen LogP contribution in [0.25, 0.3) is 0 Å². The number of amides is 2. The highest BCUT2D eigenvalue weighted by Gasteiger charge is 2.38. The average Bonchev–Trinajstić information content (AvgIpc) is 2.85. The van der Waals surface area contributed by atoms with Gasteiger partial charge in [-0.1, -0.05) is 12.1 Å². The number of aliphatic hydroxyl groups is 1. The summed E-state index contributed by atoms with van der Waals surface area (Å²) >= 11 is 0. The van der Waals surface area contributed by atoms with Crippen molar-refractivity contribution in [2.75, 3.05) is 29.9 Å². The number of carbonyl (C=O) groups excluding carboxylic acids is 2. The van der Waals surface area contributed by atoms with Crippen molar-refractivity contribution in [3.8, 4) is 0 Å². The Labute approximate surface area is 129 Å². The fourth-order valence-electron chi connectivity index (χ4n) is 3.12. The second-order valence-corrected chi connectivity index (χ2v) is 6.38. The Balaban J connectivity index is 1.82. The number of likely N-dealkylation sites (tertiary alicyclic amines) is 1. The van der Waals surface area contributed by atoms with Crippen molar-refractivity contribution < 1.29 is 14.7 Å². The predicted octanol–water partition coefficient (Wildman–Crippen LogP) is 0.817. The van der Waals surface area contributed by atoms with Crippen LogP contribution in [0.2, 0.25) is 0 Å². The topological polar surface area (TPSA) is 72.9 Å². The molecule has 6 nitrogen and oxygen atoms in total. The molecule has 0 radical (unpaired) electrons. The summed E-state index contributed by atoms with van der Waals surface area (Å²) in [5.74, 6) is -0.298. The number of fused-ring (bicyclic) bond motifs is 1. The Morgan fingerprint density at radius 2 is 2.14 bits per heavy atom. The van der Waals surface area contributed by atoms with Crippen molar-refractivity contribution >= 4 is 23.2 Å². The molecule has 2 heterocycles. The molecule has 2 amide bonds. The second kappa shape index (κ2) is 5.37. The number of rotatable bonds is 2. The molecule has 118 valence electrons. The second-order valence-electron chi connectivity index (χ2n) is 6.38. The first kappa shape index (κ1) is 15.0. The Morgan fingerprint density at radius 3 is 2.82 bits per heavy atom. The molecular weight excluding hydrogens is 282 g/mol. The normalized spacial score (nSPS) is 26.5. The standard InChI is InChI=1S/C16H21N3O3/c1-11(18-8-7-16(2,22)10-18)15(21)19-9-14(20)17-12-5-3-4-6-13(12)19/h3-6,11,22H,7-10H2,1-2H3,(H,17,20). The molecule has 6 heteroatoms. The Bertz CT molecular complexity index is 614. The highest BCUT2D eigenvalue weighted by atomic mass is 16.3. The smallest absolute Gasteiger partial charge is 0.244 e. The van der Waals surface area contributed by atoms with Crippen molar-refractivity contribution in [1.29, 1.82) is 0 Å². The number of para-hydroxylation sites is 2. The number of nitrogens with one attached hydrogen (secondary N) is 1. The van der Waals surface area contributed by atoms with E-state index in [0.717, 1.165) is 5.69 Å². The first-order valence-electron chi connectivity index (χ1n) is 7.54. The summed E-state index contributed by atoms with van der Waals surface area (Å²) in [7, 11) is 0. The Hall–Kier alpha value is -1.92. The van der Waals surface area contributed by atoms with Crippen LogP contribution in [0.5, 0.6) is 0 Å². The van der Waals surface area contributed by atoms with Gasteiger partial charge in [-0.05, 0) is 32.4 Å². The Kier molecular flexibility index (Phi) is 3.66. The molecule has 2 unspecified atom stereocenters. The van der Waals surface area contributed by atoms with Crippen LogP contribution in [0.1, 0.15) is 20.3 Å². The zero-order valence-corrected chi connectivity index (χ0v) is 12.9. The molecule has 3 rings (SSSR count). The van der Waals surface area contributed by atoms with E-state index in [9.17, 15) is 14.7 Å². The molecule has 22 heavy (non-hydrogen) atoms. The van der Waals surface area contributed by atoms with Crippen molar-refractivity contribution in [2.45, 2.75) is 31.9 Å². The zero-order chi connectivity index (χ0) is 15.9. The third-order valence-electron chi connectivity index (χ3n) is 4.42. The maximum atomic E-state index is 12.8. The van der Waals surface area contributed by atoms with Gasteiger partial charge >= 0.3 is 0 Å². The van der Waals surface area contributed by atoms with Gasteiger partial charge in [0.15, 0.2) is 0 Å². The minimum Gasteiger partial charge on any atom is -0.389 e. The van der Waals surface area contributed by atoms with Crippen LogP contribution in [-0.2, 0) is 9.59 Å². The summed E-state index contributed by atoms with van der Waals surface area (Å²) in [5, 5.41) is 12.9. The molecule has 0 aromatic heterocycles. The van der Waals surface area contributed by atoms with E-state index >= 15 is 0 Å². The van der Waals surface area contributed by atoms with E-state index in [1.165, 1.54) is 4.90 Å². The van der Waals surface area contributed by atoms with Crippen LogP contribution in [0.15, 0.2) is 24.3 Å². The van der Waals surface area contributed by atoms with Crippen molar-refractivity contribution in [3.63, 3.8) is 0 Å². The lowest BCUT2D eigenvalue weighted by Crippen LogP contribution is -2.51. The molecular formula is C16H21N3O3. The molecule has 2 atom stereocenters. The van der Waals surface area contributed by atoms with Gasteiger partial charge < -0.3 is 10.4 Å². The third-order valence-corrected chi connectivity index (χ3v) is 4.42. The van der Waals surface area contributed by atoms with Crippen molar-refractivity contribution in [1.82, 2.24) is 4.90 Å². The van der Waals surface area contributed by atoms with E-state index < -0.39 is 5.60 Å². The van der Waals surface area contributed by atoms with Gasteiger partial charge in [0.25, 0.3) is 0 Å². The Morgan fingerprint density at radius 1 is 1.41 bits per heavy atom. The molecule has 1 aromatic carbocycles. The van der Waals surface area contributed by atoms with Gasteiger partial charge in [-0.3, -0.25) is 19.4 Å². The van der Waals surface area contributed by atoms with Gasteiger partial charge in [-0.2, -0.15) is 0 Å².